The maximum atomic E-state index is 12.1. The maximum Gasteiger partial charge on any atom is 0.410 e. The van der Waals surface area contributed by atoms with Crippen molar-refractivity contribution in [3.63, 3.8) is 0 Å². The van der Waals surface area contributed by atoms with Crippen LogP contribution in [0.5, 0.6) is 0 Å². The molecule has 22 heavy (non-hydrogen) atoms. The molecule has 1 atom stereocenters. The molecule has 1 aliphatic heterocycles. The van der Waals surface area contributed by atoms with Gasteiger partial charge in [-0.25, -0.2) is 4.79 Å². The van der Waals surface area contributed by atoms with Gasteiger partial charge in [0.1, 0.15) is 11.9 Å². The highest BCUT2D eigenvalue weighted by atomic mass is 16.6. The number of amides is 1. The lowest BCUT2D eigenvalue weighted by Crippen LogP contribution is -2.57. The zero-order valence-corrected chi connectivity index (χ0v) is 14.2. The molecular weight excluding hydrogens is 280 g/mol. The molecule has 1 saturated heterocycles. The molecule has 0 spiro atoms. The van der Waals surface area contributed by atoms with E-state index in [1.54, 1.807) is 4.90 Å². The number of carbonyl (C=O) groups is 2. The maximum absolute atomic E-state index is 12.1. The average Bonchev–Trinajstić information content (AvgIpc) is 2.47. The highest BCUT2D eigenvalue weighted by Crippen LogP contribution is 2.25. The van der Waals surface area contributed by atoms with Crippen molar-refractivity contribution in [2.24, 2.45) is 5.92 Å². The first-order chi connectivity index (χ1) is 10.4. The first kappa shape index (κ1) is 17.3. The Hall–Kier alpha value is -1.10. The van der Waals surface area contributed by atoms with Crippen LogP contribution in [0.4, 0.5) is 4.79 Å². The summed E-state index contributed by atoms with van der Waals surface area (Å²) < 4.78 is 5.41. The Kier molecular flexibility index (Phi) is 5.84. The number of ether oxygens (including phenoxy) is 1. The molecule has 0 aromatic heterocycles. The molecule has 1 amide bonds. The van der Waals surface area contributed by atoms with E-state index in [2.05, 4.69) is 4.90 Å². The monoisotopic (exact) mass is 310 g/mol. The SMILES string of the molecule is CC(C)(C)OC(=O)N1CCN(CC2CCCCC2)[C@@H](C=O)C1. The molecule has 0 aromatic rings. The van der Waals surface area contributed by atoms with Crippen LogP contribution in [0.3, 0.4) is 0 Å². The third-order valence-electron chi connectivity index (χ3n) is 4.56. The molecule has 2 fully saturated rings. The Morgan fingerprint density at radius 1 is 1.18 bits per heavy atom. The van der Waals surface area contributed by atoms with E-state index in [4.69, 9.17) is 4.74 Å². The molecule has 5 nitrogen and oxygen atoms in total. The summed E-state index contributed by atoms with van der Waals surface area (Å²) in [7, 11) is 0. The fourth-order valence-corrected chi connectivity index (χ4v) is 3.40. The largest absolute Gasteiger partial charge is 0.444 e. The quantitative estimate of drug-likeness (QED) is 0.752. The van der Waals surface area contributed by atoms with E-state index in [1.807, 2.05) is 20.8 Å². The summed E-state index contributed by atoms with van der Waals surface area (Å²) in [6.07, 6.45) is 7.20. The minimum Gasteiger partial charge on any atom is -0.444 e. The summed E-state index contributed by atoms with van der Waals surface area (Å²) in [5.74, 6) is 0.712. The van der Waals surface area contributed by atoms with E-state index in [0.717, 1.165) is 19.4 Å². The number of aldehydes is 1. The lowest BCUT2D eigenvalue weighted by molar-refractivity contribution is -0.114. The zero-order chi connectivity index (χ0) is 16.2. The smallest absolute Gasteiger partial charge is 0.410 e. The summed E-state index contributed by atoms with van der Waals surface area (Å²) in [6.45, 7) is 8.44. The van der Waals surface area contributed by atoms with Gasteiger partial charge in [-0.2, -0.15) is 0 Å². The fraction of sp³-hybridized carbons (Fsp3) is 0.882. The molecule has 1 heterocycles. The fourth-order valence-electron chi connectivity index (χ4n) is 3.40. The molecule has 2 aliphatic rings. The van der Waals surface area contributed by atoms with E-state index in [9.17, 15) is 9.59 Å². The second kappa shape index (κ2) is 7.44. The van der Waals surface area contributed by atoms with Crippen molar-refractivity contribution in [2.75, 3.05) is 26.2 Å². The molecule has 2 rings (SSSR count). The number of nitrogens with zero attached hydrogens (tertiary/aromatic N) is 2. The molecule has 0 radical (unpaired) electrons. The number of hydrogen-bond donors (Lipinski definition) is 0. The second-order valence-corrected chi connectivity index (χ2v) is 7.63. The van der Waals surface area contributed by atoms with Gasteiger partial charge in [0.15, 0.2) is 0 Å². The highest BCUT2D eigenvalue weighted by molar-refractivity contribution is 5.70. The van der Waals surface area contributed by atoms with Gasteiger partial charge < -0.3 is 14.4 Å². The molecule has 0 bridgehead atoms. The summed E-state index contributed by atoms with van der Waals surface area (Å²) in [5.41, 5.74) is -0.493. The topological polar surface area (TPSA) is 49.9 Å². The zero-order valence-electron chi connectivity index (χ0n) is 14.2. The van der Waals surface area contributed by atoms with Crippen LogP contribution in [0.2, 0.25) is 0 Å². The van der Waals surface area contributed by atoms with Crippen LogP contribution in [-0.2, 0) is 9.53 Å². The van der Waals surface area contributed by atoms with Crippen LogP contribution in [0.1, 0.15) is 52.9 Å². The molecule has 5 heteroatoms. The van der Waals surface area contributed by atoms with Crippen LogP contribution in [0, 0.1) is 5.92 Å². The summed E-state index contributed by atoms with van der Waals surface area (Å²) in [5, 5.41) is 0. The number of carbonyl (C=O) groups excluding carboxylic acids is 2. The van der Waals surface area contributed by atoms with Crippen LogP contribution < -0.4 is 0 Å². The van der Waals surface area contributed by atoms with Gasteiger partial charge in [0.2, 0.25) is 0 Å². The van der Waals surface area contributed by atoms with E-state index < -0.39 is 5.60 Å². The standard InChI is InChI=1S/C17H30N2O3/c1-17(2,3)22-16(21)19-10-9-18(15(12-19)13-20)11-14-7-5-4-6-8-14/h13-15H,4-12H2,1-3H3/t15-/m1/s1. The van der Waals surface area contributed by atoms with Crippen molar-refractivity contribution in [3.8, 4) is 0 Å². The van der Waals surface area contributed by atoms with Crippen molar-refractivity contribution in [2.45, 2.75) is 64.5 Å². The average molecular weight is 310 g/mol. The van der Waals surface area contributed by atoms with Crippen LogP contribution in [0.25, 0.3) is 0 Å². The highest BCUT2D eigenvalue weighted by Gasteiger charge is 2.32. The Balaban J connectivity index is 1.87. The second-order valence-electron chi connectivity index (χ2n) is 7.63. The van der Waals surface area contributed by atoms with Gasteiger partial charge in [0.25, 0.3) is 0 Å². The summed E-state index contributed by atoms with van der Waals surface area (Å²) >= 11 is 0. The number of hydrogen-bond acceptors (Lipinski definition) is 4. The molecule has 1 saturated carbocycles. The van der Waals surface area contributed by atoms with Gasteiger partial charge in [0.05, 0.1) is 6.04 Å². The van der Waals surface area contributed by atoms with Crippen molar-refractivity contribution >= 4 is 12.4 Å². The molecule has 1 aliphatic carbocycles. The van der Waals surface area contributed by atoms with Crippen molar-refractivity contribution in [1.29, 1.82) is 0 Å². The first-order valence-corrected chi connectivity index (χ1v) is 8.56. The third kappa shape index (κ3) is 4.97. The summed E-state index contributed by atoms with van der Waals surface area (Å²) in [6, 6.07) is -0.191. The predicted octanol–water partition coefficient (Wildman–Crippen LogP) is 2.69. The van der Waals surface area contributed by atoms with Crippen LogP contribution >= 0.6 is 0 Å². The Bertz CT molecular complexity index is 386. The number of piperazine rings is 1. The van der Waals surface area contributed by atoms with Crippen LogP contribution in [-0.4, -0.2) is 60.0 Å². The van der Waals surface area contributed by atoms with E-state index in [-0.39, 0.29) is 12.1 Å². The lowest BCUT2D eigenvalue weighted by atomic mass is 9.88. The molecule has 0 aromatic carbocycles. The normalized spacial score (nSPS) is 25.0. The van der Waals surface area contributed by atoms with Gasteiger partial charge in [-0.05, 0) is 39.5 Å². The molecule has 126 valence electrons. The first-order valence-electron chi connectivity index (χ1n) is 8.56. The Morgan fingerprint density at radius 2 is 1.86 bits per heavy atom. The van der Waals surface area contributed by atoms with Gasteiger partial charge >= 0.3 is 6.09 Å². The van der Waals surface area contributed by atoms with Crippen molar-refractivity contribution in [1.82, 2.24) is 9.80 Å². The third-order valence-corrected chi connectivity index (χ3v) is 4.56. The minimum atomic E-state index is -0.493. The van der Waals surface area contributed by atoms with Crippen molar-refractivity contribution < 1.29 is 14.3 Å². The predicted molar refractivity (Wildman–Crippen MR) is 85.8 cm³/mol. The van der Waals surface area contributed by atoms with Gasteiger partial charge in [-0.1, -0.05) is 19.3 Å². The van der Waals surface area contributed by atoms with Gasteiger partial charge in [-0.3, -0.25) is 4.90 Å². The number of rotatable bonds is 3. The van der Waals surface area contributed by atoms with E-state index in [1.165, 1.54) is 32.1 Å². The van der Waals surface area contributed by atoms with Gasteiger partial charge in [-0.15, -0.1) is 0 Å². The Labute approximate surface area is 134 Å². The summed E-state index contributed by atoms with van der Waals surface area (Å²) in [4.78, 5) is 27.5. The van der Waals surface area contributed by atoms with Crippen LogP contribution in [0.15, 0.2) is 0 Å². The van der Waals surface area contributed by atoms with Gasteiger partial charge in [0, 0.05) is 26.2 Å². The molecule has 0 N–H and O–H groups in total. The molecular formula is C17H30N2O3. The lowest BCUT2D eigenvalue weighted by Gasteiger charge is -2.41. The molecule has 0 unspecified atom stereocenters. The minimum absolute atomic E-state index is 0.191. The van der Waals surface area contributed by atoms with E-state index >= 15 is 0 Å². The Morgan fingerprint density at radius 3 is 2.45 bits per heavy atom. The van der Waals surface area contributed by atoms with Crippen molar-refractivity contribution in [3.05, 3.63) is 0 Å². The van der Waals surface area contributed by atoms with E-state index in [0.29, 0.717) is 19.0 Å².